The molecule has 0 amide bonds. The van der Waals surface area contributed by atoms with Crippen molar-refractivity contribution >= 4 is 15.7 Å². The van der Waals surface area contributed by atoms with Crippen LogP contribution in [0.1, 0.15) is 24.5 Å². The highest BCUT2D eigenvalue weighted by Gasteiger charge is 2.61. The number of nitriles is 1. The summed E-state index contributed by atoms with van der Waals surface area (Å²) in [6.45, 7) is 1.75. The Morgan fingerprint density at radius 3 is 2.52 bits per heavy atom. The zero-order valence-electron chi connectivity index (χ0n) is 13.2. The minimum Gasteiger partial charge on any atom is -0.267 e. The minimum atomic E-state index is -4.72. The van der Waals surface area contributed by atoms with Crippen molar-refractivity contribution in [2.75, 3.05) is 4.31 Å². The van der Waals surface area contributed by atoms with Crippen molar-refractivity contribution in [3.05, 3.63) is 41.5 Å². The highest BCUT2D eigenvalue weighted by molar-refractivity contribution is 7.93. The molecule has 2 fully saturated rings. The molecule has 2 aliphatic carbocycles. The van der Waals surface area contributed by atoms with Crippen molar-refractivity contribution < 1.29 is 21.6 Å². The molecule has 0 unspecified atom stereocenters. The smallest absolute Gasteiger partial charge is 0.267 e. The quantitative estimate of drug-likeness (QED) is 0.715. The molecule has 1 aromatic rings. The number of hydrogen-bond acceptors (Lipinski definition) is 3. The number of anilines is 1. The molecule has 0 radical (unpaired) electrons. The van der Waals surface area contributed by atoms with Gasteiger partial charge in [-0.3, -0.25) is 4.31 Å². The van der Waals surface area contributed by atoms with E-state index in [1.54, 1.807) is 6.92 Å². The van der Waals surface area contributed by atoms with E-state index in [1.807, 2.05) is 12.2 Å². The summed E-state index contributed by atoms with van der Waals surface area (Å²) in [5.74, 6) is -0.0110. The van der Waals surface area contributed by atoms with Gasteiger partial charge < -0.3 is 0 Å². The Bertz CT molecular complexity index is 917. The van der Waals surface area contributed by atoms with Crippen LogP contribution in [0.5, 0.6) is 0 Å². The summed E-state index contributed by atoms with van der Waals surface area (Å²) < 4.78 is 66.9. The van der Waals surface area contributed by atoms with E-state index in [9.17, 15) is 21.6 Å². The van der Waals surface area contributed by atoms with Crippen LogP contribution >= 0.6 is 0 Å². The van der Waals surface area contributed by atoms with E-state index < -0.39 is 38.6 Å². The van der Waals surface area contributed by atoms with Crippen molar-refractivity contribution in [3.63, 3.8) is 0 Å². The molecule has 0 N–H and O–H groups in total. The number of allylic oxidation sites excluding steroid dienone is 2. The van der Waals surface area contributed by atoms with Crippen LogP contribution in [0, 0.1) is 29.1 Å². The SMILES string of the molecule is C[C@@H]1[C@@H]2[C@@H]([C@H]3C=C[C@@H]2C3)S(=O)(=O)N1c1ccc(C#N)c(C(F)(F)F)c1. The Labute approximate surface area is 143 Å². The van der Waals surface area contributed by atoms with Crippen molar-refractivity contribution in [2.45, 2.75) is 30.8 Å². The van der Waals surface area contributed by atoms with E-state index in [0.29, 0.717) is 0 Å². The lowest BCUT2D eigenvalue weighted by molar-refractivity contribution is -0.137. The van der Waals surface area contributed by atoms with Crippen LogP contribution in [-0.2, 0) is 16.2 Å². The molecule has 3 aliphatic rings. The third kappa shape index (κ3) is 2.15. The number of hydrogen-bond donors (Lipinski definition) is 0. The Morgan fingerprint density at radius 2 is 1.92 bits per heavy atom. The summed E-state index contributed by atoms with van der Waals surface area (Å²) >= 11 is 0. The third-order valence-electron chi connectivity index (χ3n) is 5.67. The van der Waals surface area contributed by atoms with E-state index in [1.165, 1.54) is 12.1 Å². The molecule has 4 nitrogen and oxygen atoms in total. The summed E-state index contributed by atoms with van der Waals surface area (Å²) in [5, 5.41) is 8.34. The molecule has 2 bridgehead atoms. The monoisotopic (exact) mass is 368 g/mol. The van der Waals surface area contributed by atoms with E-state index in [-0.39, 0.29) is 23.4 Å². The number of nitrogens with zero attached hydrogens (tertiary/aromatic N) is 2. The second-order valence-corrected chi connectivity index (χ2v) is 8.88. The van der Waals surface area contributed by atoms with Gasteiger partial charge in [-0.2, -0.15) is 18.4 Å². The standard InChI is InChI=1S/C17H15F3N2O2S/c1-9-15-10-2-3-11(6-10)16(15)25(23,24)22(9)13-5-4-12(8-21)14(7-13)17(18,19)20/h2-5,7,9-11,15-16H,6H2,1H3/t9-,10-,11+,15+,16-/m1/s1. The van der Waals surface area contributed by atoms with Gasteiger partial charge in [-0.05, 0) is 43.4 Å². The van der Waals surface area contributed by atoms with Gasteiger partial charge in [0.15, 0.2) is 0 Å². The first-order chi connectivity index (χ1) is 11.7. The van der Waals surface area contributed by atoms with Gasteiger partial charge in [0.1, 0.15) is 0 Å². The van der Waals surface area contributed by atoms with Crippen LogP contribution in [0.3, 0.4) is 0 Å². The second-order valence-electron chi connectivity index (χ2n) is 6.91. The Balaban J connectivity index is 1.82. The maximum absolute atomic E-state index is 13.2. The molecule has 5 atom stereocenters. The average Bonchev–Trinajstić information content (AvgIpc) is 3.19. The zero-order valence-corrected chi connectivity index (χ0v) is 14.1. The molecule has 1 saturated carbocycles. The normalized spacial score (nSPS) is 35.0. The van der Waals surface area contributed by atoms with Crippen LogP contribution < -0.4 is 4.31 Å². The van der Waals surface area contributed by atoms with Gasteiger partial charge in [0.2, 0.25) is 10.0 Å². The maximum atomic E-state index is 13.2. The lowest BCUT2D eigenvalue weighted by atomic mass is 9.87. The summed E-state index contributed by atoms with van der Waals surface area (Å²) in [6.07, 6.45) is 0.0268. The van der Waals surface area contributed by atoms with Crippen molar-refractivity contribution in [1.29, 1.82) is 5.26 Å². The molecule has 25 heavy (non-hydrogen) atoms. The Hall–Kier alpha value is -2.01. The first kappa shape index (κ1) is 16.5. The fourth-order valence-electron chi connectivity index (χ4n) is 4.77. The number of fused-ring (bicyclic) bond motifs is 5. The third-order valence-corrected chi connectivity index (χ3v) is 8.12. The molecule has 132 valence electrons. The van der Waals surface area contributed by atoms with Gasteiger partial charge in [-0.25, -0.2) is 8.42 Å². The predicted molar refractivity (Wildman–Crippen MR) is 85.0 cm³/mol. The Kier molecular flexibility index (Phi) is 3.30. The number of halogens is 3. The van der Waals surface area contributed by atoms with E-state index in [2.05, 4.69) is 0 Å². The molecule has 1 aromatic carbocycles. The van der Waals surface area contributed by atoms with Crippen LogP contribution in [-0.4, -0.2) is 19.7 Å². The molecule has 4 rings (SSSR count). The van der Waals surface area contributed by atoms with Crippen LogP contribution in [0.25, 0.3) is 0 Å². The summed E-state index contributed by atoms with van der Waals surface area (Å²) in [7, 11) is -3.75. The molecule has 1 heterocycles. The highest BCUT2D eigenvalue weighted by atomic mass is 32.2. The van der Waals surface area contributed by atoms with Crippen molar-refractivity contribution in [1.82, 2.24) is 0 Å². The Morgan fingerprint density at radius 1 is 1.24 bits per heavy atom. The lowest BCUT2D eigenvalue weighted by Gasteiger charge is -2.27. The lowest BCUT2D eigenvalue weighted by Crippen LogP contribution is -2.35. The average molecular weight is 368 g/mol. The number of rotatable bonds is 1. The first-order valence-corrected chi connectivity index (χ1v) is 9.49. The van der Waals surface area contributed by atoms with Crippen LogP contribution in [0.15, 0.2) is 30.4 Å². The number of benzene rings is 1. The van der Waals surface area contributed by atoms with Gasteiger partial charge in [0, 0.05) is 12.0 Å². The van der Waals surface area contributed by atoms with E-state index >= 15 is 0 Å². The van der Waals surface area contributed by atoms with Crippen molar-refractivity contribution in [3.8, 4) is 6.07 Å². The second kappa shape index (κ2) is 5.01. The number of alkyl halides is 3. The predicted octanol–water partition coefficient (Wildman–Crippen LogP) is 3.31. The maximum Gasteiger partial charge on any atom is 0.417 e. The fraction of sp³-hybridized carbons (Fsp3) is 0.471. The minimum absolute atomic E-state index is 0.0207. The zero-order chi connectivity index (χ0) is 18.1. The van der Waals surface area contributed by atoms with Crippen LogP contribution in [0.4, 0.5) is 18.9 Å². The number of sulfonamides is 1. The molecular formula is C17H15F3N2O2S. The molecule has 1 aliphatic heterocycles. The molecule has 0 aromatic heterocycles. The summed E-state index contributed by atoms with van der Waals surface area (Å²) in [4.78, 5) is 0. The van der Waals surface area contributed by atoms with Crippen molar-refractivity contribution in [2.24, 2.45) is 17.8 Å². The molecule has 8 heteroatoms. The van der Waals surface area contributed by atoms with E-state index in [4.69, 9.17) is 5.26 Å². The van der Waals surface area contributed by atoms with Crippen LogP contribution in [0.2, 0.25) is 0 Å². The first-order valence-electron chi connectivity index (χ1n) is 7.99. The largest absolute Gasteiger partial charge is 0.417 e. The van der Waals surface area contributed by atoms with Gasteiger partial charge in [-0.15, -0.1) is 0 Å². The van der Waals surface area contributed by atoms with Gasteiger partial charge in [0.25, 0.3) is 0 Å². The van der Waals surface area contributed by atoms with Gasteiger partial charge >= 0.3 is 6.18 Å². The highest BCUT2D eigenvalue weighted by Crippen LogP contribution is 2.55. The van der Waals surface area contributed by atoms with Gasteiger partial charge in [0.05, 0.1) is 28.1 Å². The van der Waals surface area contributed by atoms with Gasteiger partial charge in [-0.1, -0.05) is 12.2 Å². The molecule has 0 spiro atoms. The molecule has 1 saturated heterocycles. The topological polar surface area (TPSA) is 61.2 Å². The molecular weight excluding hydrogens is 353 g/mol. The fourth-order valence-corrected chi connectivity index (χ4v) is 7.51. The summed E-state index contributed by atoms with van der Waals surface area (Å²) in [6, 6.07) is 4.22. The van der Waals surface area contributed by atoms with E-state index in [0.717, 1.165) is 22.9 Å². The summed E-state index contributed by atoms with van der Waals surface area (Å²) in [5.41, 5.74) is -1.64.